The van der Waals surface area contributed by atoms with E-state index in [1.807, 2.05) is 4.90 Å². The molecule has 0 saturated carbocycles. The Labute approximate surface area is 158 Å². The smallest absolute Gasteiger partial charge is 0.223 e. The molecule has 7 nitrogen and oxygen atoms in total. The van der Waals surface area contributed by atoms with Crippen LogP contribution in [0.1, 0.15) is 53.8 Å². The number of hydrogen-bond donors (Lipinski definition) is 1. The molecule has 7 heteroatoms. The van der Waals surface area contributed by atoms with Gasteiger partial charge in [-0.05, 0) is 43.9 Å². The number of amides is 1. The molecule has 1 aliphatic heterocycles. The van der Waals surface area contributed by atoms with E-state index >= 15 is 0 Å². The fraction of sp³-hybridized carbons (Fsp3) is 0.500. The average Bonchev–Trinajstić information content (AvgIpc) is 3.29. The van der Waals surface area contributed by atoms with Crippen LogP contribution in [0.5, 0.6) is 0 Å². The second-order valence-corrected chi connectivity index (χ2v) is 7.41. The van der Waals surface area contributed by atoms with E-state index in [2.05, 4.69) is 41.1 Å². The lowest BCUT2D eigenvalue weighted by molar-refractivity contribution is -0.132. The van der Waals surface area contributed by atoms with Crippen molar-refractivity contribution in [3.05, 3.63) is 40.8 Å². The van der Waals surface area contributed by atoms with Crippen molar-refractivity contribution in [2.24, 2.45) is 0 Å². The summed E-state index contributed by atoms with van der Waals surface area (Å²) in [6.45, 7) is 7.47. The number of likely N-dealkylation sites (tertiary alicyclic amines) is 1. The Balaban J connectivity index is 1.33. The first kappa shape index (κ1) is 17.7. The third-order valence-corrected chi connectivity index (χ3v) is 5.56. The van der Waals surface area contributed by atoms with E-state index in [1.54, 1.807) is 6.92 Å². The molecular weight excluding hydrogens is 342 g/mol. The standard InChI is InChI=1S/C20H25N5O2/c1-12-4-5-16-19(13(12)2)23-17(22-16)6-7-18(26)25-10-8-15(9-11-25)20-21-14(3)27-24-20/h4-5,15H,6-11H2,1-3H3,(H,22,23). The van der Waals surface area contributed by atoms with Crippen molar-refractivity contribution in [3.8, 4) is 0 Å². The highest BCUT2D eigenvalue weighted by Crippen LogP contribution is 2.26. The number of aromatic nitrogens is 4. The van der Waals surface area contributed by atoms with Gasteiger partial charge in [0.05, 0.1) is 11.0 Å². The van der Waals surface area contributed by atoms with Gasteiger partial charge in [0.15, 0.2) is 5.82 Å². The topological polar surface area (TPSA) is 87.9 Å². The zero-order valence-electron chi connectivity index (χ0n) is 16.1. The van der Waals surface area contributed by atoms with Crippen molar-refractivity contribution >= 4 is 16.9 Å². The van der Waals surface area contributed by atoms with Gasteiger partial charge in [-0.25, -0.2) is 4.98 Å². The van der Waals surface area contributed by atoms with E-state index in [9.17, 15) is 4.79 Å². The first-order valence-electron chi connectivity index (χ1n) is 9.54. The number of imidazole rings is 1. The molecular formula is C20H25N5O2. The molecule has 3 aromatic rings. The molecule has 27 heavy (non-hydrogen) atoms. The van der Waals surface area contributed by atoms with E-state index in [0.29, 0.717) is 18.7 Å². The molecule has 0 radical (unpaired) electrons. The van der Waals surface area contributed by atoms with Gasteiger partial charge in [-0.1, -0.05) is 11.2 Å². The van der Waals surface area contributed by atoms with Crippen molar-refractivity contribution in [3.63, 3.8) is 0 Å². The summed E-state index contributed by atoms with van der Waals surface area (Å²) >= 11 is 0. The minimum Gasteiger partial charge on any atom is -0.343 e. The Kier molecular flexibility index (Phi) is 4.68. The lowest BCUT2D eigenvalue weighted by Crippen LogP contribution is -2.38. The van der Waals surface area contributed by atoms with Gasteiger partial charge in [-0.15, -0.1) is 0 Å². The number of carbonyl (C=O) groups excluding carboxylic acids is 1. The van der Waals surface area contributed by atoms with Crippen molar-refractivity contribution < 1.29 is 9.32 Å². The van der Waals surface area contributed by atoms with Crippen LogP contribution < -0.4 is 0 Å². The number of fused-ring (bicyclic) bond motifs is 1. The third-order valence-electron chi connectivity index (χ3n) is 5.56. The Morgan fingerprint density at radius 1 is 1.22 bits per heavy atom. The summed E-state index contributed by atoms with van der Waals surface area (Å²) in [5.74, 6) is 2.72. The number of rotatable bonds is 4. The lowest BCUT2D eigenvalue weighted by Gasteiger charge is -2.30. The largest absolute Gasteiger partial charge is 0.343 e. The second kappa shape index (κ2) is 7.13. The van der Waals surface area contributed by atoms with Crippen molar-refractivity contribution in [2.45, 2.75) is 52.4 Å². The van der Waals surface area contributed by atoms with E-state index in [4.69, 9.17) is 9.51 Å². The van der Waals surface area contributed by atoms with Gasteiger partial charge in [0.25, 0.3) is 0 Å². The molecule has 0 bridgehead atoms. The molecule has 0 spiro atoms. The fourth-order valence-electron chi connectivity index (χ4n) is 3.73. The van der Waals surface area contributed by atoms with Gasteiger partial charge < -0.3 is 14.4 Å². The van der Waals surface area contributed by atoms with Crippen LogP contribution in [0.2, 0.25) is 0 Å². The fourth-order valence-corrected chi connectivity index (χ4v) is 3.73. The summed E-state index contributed by atoms with van der Waals surface area (Å²) in [6, 6.07) is 4.15. The predicted octanol–water partition coefficient (Wildman–Crippen LogP) is 3.21. The summed E-state index contributed by atoms with van der Waals surface area (Å²) in [7, 11) is 0. The van der Waals surface area contributed by atoms with Crippen molar-refractivity contribution in [2.75, 3.05) is 13.1 Å². The molecule has 1 saturated heterocycles. The number of piperidine rings is 1. The molecule has 4 rings (SSSR count). The van der Waals surface area contributed by atoms with Gasteiger partial charge in [-0.3, -0.25) is 4.79 Å². The Hall–Kier alpha value is -2.70. The zero-order chi connectivity index (χ0) is 19.0. The van der Waals surface area contributed by atoms with Crippen molar-refractivity contribution in [1.82, 2.24) is 25.0 Å². The molecule has 1 aliphatic rings. The molecule has 0 aliphatic carbocycles. The Morgan fingerprint density at radius 3 is 2.70 bits per heavy atom. The minimum atomic E-state index is 0.186. The number of nitrogens with zero attached hydrogens (tertiary/aromatic N) is 4. The van der Waals surface area contributed by atoms with Crippen LogP contribution in [0.4, 0.5) is 0 Å². The summed E-state index contributed by atoms with van der Waals surface area (Å²) in [6.07, 6.45) is 2.88. The number of benzene rings is 1. The number of aromatic amines is 1. The van der Waals surface area contributed by atoms with Crippen LogP contribution in [0.15, 0.2) is 16.7 Å². The van der Waals surface area contributed by atoms with E-state index < -0.39 is 0 Å². The van der Waals surface area contributed by atoms with Crippen LogP contribution in [0.25, 0.3) is 11.0 Å². The van der Waals surface area contributed by atoms with Crippen LogP contribution in [0, 0.1) is 20.8 Å². The van der Waals surface area contributed by atoms with Gasteiger partial charge in [0.2, 0.25) is 11.8 Å². The van der Waals surface area contributed by atoms with Gasteiger partial charge in [0, 0.05) is 38.8 Å². The zero-order valence-corrected chi connectivity index (χ0v) is 16.1. The number of hydrogen-bond acceptors (Lipinski definition) is 5. The number of carbonyl (C=O) groups is 1. The first-order chi connectivity index (χ1) is 13.0. The van der Waals surface area contributed by atoms with E-state index in [0.717, 1.165) is 48.6 Å². The van der Waals surface area contributed by atoms with Crippen molar-refractivity contribution in [1.29, 1.82) is 0 Å². The SMILES string of the molecule is Cc1nc(C2CCN(C(=O)CCc3nc4c(C)c(C)ccc4[nH]3)CC2)no1. The summed E-state index contributed by atoms with van der Waals surface area (Å²) in [5.41, 5.74) is 4.47. The minimum absolute atomic E-state index is 0.186. The maximum Gasteiger partial charge on any atom is 0.223 e. The molecule has 0 unspecified atom stereocenters. The van der Waals surface area contributed by atoms with Gasteiger partial charge in [0.1, 0.15) is 5.82 Å². The highest BCUT2D eigenvalue weighted by atomic mass is 16.5. The van der Waals surface area contributed by atoms with E-state index in [-0.39, 0.29) is 11.8 Å². The summed E-state index contributed by atoms with van der Waals surface area (Å²) in [4.78, 5) is 26.9. The van der Waals surface area contributed by atoms with Crippen LogP contribution in [-0.4, -0.2) is 44.0 Å². The molecule has 2 aromatic heterocycles. The normalized spacial score (nSPS) is 15.6. The monoisotopic (exact) mass is 367 g/mol. The maximum absolute atomic E-state index is 12.6. The van der Waals surface area contributed by atoms with Gasteiger partial charge in [-0.2, -0.15) is 4.98 Å². The molecule has 142 valence electrons. The molecule has 3 heterocycles. The first-order valence-corrected chi connectivity index (χ1v) is 9.54. The average molecular weight is 367 g/mol. The number of aryl methyl sites for hydroxylation is 4. The second-order valence-electron chi connectivity index (χ2n) is 7.41. The third kappa shape index (κ3) is 3.59. The molecule has 0 atom stereocenters. The van der Waals surface area contributed by atoms with Crippen LogP contribution >= 0.6 is 0 Å². The maximum atomic E-state index is 12.6. The highest BCUT2D eigenvalue weighted by Gasteiger charge is 2.26. The van der Waals surface area contributed by atoms with E-state index in [1.165, 1.54) is 11.1 Å². The number of H-pyrrole nitrogens is 1. The molecule has 1 fully saturated rings. The summed E-state index contributed by atoms with van der Waals surface area (Å²) < 4.78 is 5.07. The predicted molar refractivity (Wildman–Crippen MR) is 101 cm³/mol. The van der Waals surface area contributed by atoms with Crippen LogP contribution in [0.3, 0.4) is 0 Å². The van der Waals surface area contributed by atoms with Gasteiger partial charge >= 0.3 is 0 Å². The Morgan fingerprint density at radius 2 is 2.00 bits per heavy atom. The highest BCUT2D eigenvalue weighted by molar-refractivity contribution is 5.80. The molecule has 1 amide bonds. The quantitative estimate of drug-likeness (QED) is 0.765. The number of nitrogens with one attached hydrogen (secondary N) is 1. The molecule has 1 aromatic carbocycles. The van der Waals surface area contributed by atoms with Crippen LogP contribution in [-0.2, 0) is 11.2 Å². The Bertz CT molecular complexity index is 966. The molecule has 1 N–H and O–H groups in total. The lowest BCUT2D eigenvalue weighted by atomic mass is 9.96. The summed E-state index contributed by atoms with van der Waals surface area (Å²) in [5, 5.41) is 4.02.